The Balaban J connectivity index is 2.26. The summed E-state index contributed by atoms with van der Waals surface area (Å²) < 4.78 is 2.06. The van der Waals surface area contributed by atoms with Crippen molar-refractivity contribution in [2.45, 2.75) is 6.35 Å². The highest BCUT2D eigenvalue weighted by Crippen LogP contribution is 2.33. The van der Waals surface area contributed by atoms with Gasteiger partial charge in [-0.15, -0.1) is 0 Å². The third kappa shape index (κ3) is 1.64. The van der Waals surface area contributed by atoms with E-state index >= 15 is 0 Å². The number of anilines is 1. The number of benzene rings is 1. The van der Waals surface area contributed by atoms with Gasteiger partial charge in [-0.2, -0.15) is 5.43 Å². The van der Waals surface area contributed by atoms with Gasteiger partial charge in [0, 0.05) is 5.56 Å². The van der Waals surface area contributed by atoms with Crippen LogP contribution in [0.1, 0.15) is 6.35 Å². The summed E-state index contributed by atoms with van der Waals surface area (Å²) in [7, 11) is 0. The summed E-state index contributed by atoms with van der Waals surface area (Å²) in [5, 5.41) is 17.5. The second kappa shape index (κ2) is 4.20. The van der Waals surface area contributed by atoms with Crippen LogP contribution in [0.5, 0.6) is 0 Å². The van der Waals surface area contributed by atoms with E-state index in [2.05, 4.69) is 31.8 Å². The van der Waals surface area contributed by atoms with Crippen LogP contribution >= 0.6 is 15.9 Å². The van der Waals surface area contributed by atoms with Crippen molar-refractivity contribution in [3.05, 3.63) is 40.4 Å². The maximum absolute atomic E-state index is 9.66. The average molecular weight is 308 g/mol. The molecule has 1 aliphatic heterocycles. The zero-order valence-corrected chi connectivity index (χ0v) is 10.8. The Labute approximate surface area is 111 Å². The number of halogens is 1. The number of hydrogen-bond acceptors (Lipinski definition) is 5. The Morgan fingerprint density at radius 2 is 2.06 bits per heavy atom. The number of nitrogens with zero attached hydrogens (tertiary/aromatic N) is 2. The van der Waals surface area contributed by atoms with E-state index in [-0.39, 0.29) is 5.62 Å². The summed E-state index contributed by atoms with van der Waals surface area (Å²) in [6.45, 7) is 0. The normalized spacial score (nSPS) is 17.3. The summed E-state index contributed by atoms with van der Waals surface area (Å²) in [6, 6.07) is 9.58. The quantitative estimate of drug-likeness (QED) is 0.637. The Hall–Kier alpha value is -1.70. The number of aliphatic hydroxyl groups is 1. The van der Waals surface area contributed by atoms with Crippen LogP contribution in [-0.2, 0) is 0 Å². The number of hydrazine groups is 1. The molecule has 1 aliphatic rings. The molecule has 0 saturated heterocycles. The van der Waals surface area contributed by atoms with E-state index in [4.69, 9.17) is 5.41 Å². The summed E-state index contributed by atoms with van der Waals surface area (Å²) in [4.78, 5) is 4.21. The SMILES string of the molecule is N=c1nc(-c2ccccc2)c(Br)c2n1C(O)NN2. The lowest BCUT2D eigenvalue weighted by atomic mass is 10.1. The minimum atomic E-state index is -0.985. The van der Waals surface area contributed by atoms with Crippen LogP contribution in [0.15, 0.2) is 34.8 Å². The average Bonchev–Trinajstić information content (AvgIpc) is 2.78. The fourth-order valence-electron chi connectivity index (χ4n) is 1.87. The monoisotopic (exact) mass is 307 g/mol. The highest BCUT2D eigenvalue weighted by molar-refractivity contribution is 9.10. The van der Waals surface area contributed by atoms with Crippen LogP contribution in [-0.4, -0.2) is 14.7 Å². The van der Waals surface area contributed by atoms with Gasteiger partial charge in [-0.25, -0.2) is 4.98 Å². The van der Waals surface area contributed by atoms with Gasteiger partial charge in [0.15, 0.2) is 0 Å². The number of fused-ring (bicyclic) bond motifs is 1. The molecule has 7 heteroatoms. The highest BCUT2D eigenvalue weighted by Gasteiger charge is 2.24. The molecule has 18 heavy (non-hydrogen) atoms. The first-order chi connectivity index (χ1) is 8.68. The third-order valence-electron chi connectivity index (χ3n) is 2.71. The Kier molecular flexibility index (Phi) is 2.66. The van der Waals surface area contributed by atoms with Gasteiger partial charge in [0.05, 0.1) is 10.2 Å². The topological polar surface area (TPSA) is 86.0 Å². The van der Waals surface area contributed by atoms with E-state index in [1.807, 2.05) is 30.3 Å². The Morgan fingerprint density at radius 1 is 1.33 bits per heavy atom. The number of nitrogens with one attached hydrogen (secondary N) is 3. The van der Waals surface area contributed by atoms with Crippen molar-refractivity contribution >= 4 is 21.7 Å². The van der Waals surface area contributed by atoms with Crippen LogP contribution in [0, 0.1) is 5.41 Å². The Morgan fingerprint density at radius 3 is 2.78 bits per heavy atom. The lowest BCUT2D eigenvalue weighted by molar-refractivity contribution is 0.0875. The maximum atomic E-state index is 9.66. The van der Waals surface area contributed by atoms with Crippen molar-refractivity contribution in [3.8, 4) is 11.3 Å². The zero-order chi connectivity index (χ0) is 12.7. The van der Waals surface area contributed by atoms with Crippen molar-refractivity contribution < 1.29 is 5.11 Å². The van der Waals surface area contributed by atoms with Crippen LogP contribution in [0.4, 0.5) is 5.82 Å². The van der Waals surface area contributed by atoms with Crippen LogP contribution < -0.4 is 16.5 Å². The van der Waals surface area contributed by atoms with Crippen molar-refractivity contribution in [2.24, 2.45) is 0 Å². The molecule has 4 N–H and O–H groups in total. The molecule has 0 spiro atoms. The van der Waals surface area contributed by atoms with E-state index in [0.29, 0.717) is 16.0 Å². The van der Waals surface area contributed by atoms with Crippen molar-refractivity contribution in [3.63, 3.8) is 0 Å². The molecular weight excluding hydrogens is 298 g/mol. The second-order valence-electron chi connectivity index (χ2n) is 3.83. The molecule has 0 radical (unpaired) electrons. The van der Waals surface area contributed by atoms with Crippen LogP contribution in [0.2, 0.25) is 0 Å². The molecule has 1 atom stereocenters. The molecule has 0 saturated carbocycles. The number of hydrogen-bond donors (Lipinski definition) is 4. The molecule has 92 valence electrons. The predicted octanol–water partition coefficient (Wildman–Crippen LogP) is 1.17. The van der Waals surface area contributed by atoms with E-state index in [1.165, 1.54) is 4.57 Å². The molecule has 2 aromatic rings. The minimum absolute atomic E-state index is 0.0166. The number of aliphatic hydroxyl groups excluding tert-OH is 1. The summed E-state index contributed by atoms with van der Waals surface area (Å²) in [5.41, 5.74) is 7.00. The molecule has 1 unspecified atom stereocenters. The van der Waals surface area contributed by atoms with Crippen LogP contribution in [0.3, 0.4) is 0 Å². The summed E-state index contributed by atoms with van der Waals surface area (Å²) >= 11 is 3.45. The van der Waals surface area contributed by atoms with Crippen molar-refractivity contribution in [1.29, 1.82) is 5.41 Å². The van der Waals surface area contributed by atoms with Crippen molar-refractivity contribution in [2.75, 3.05) is 5.43 Å². The molecule has 0 aliphatic carbocycles. The van der Waals surface area contributed by atoms with Gasteiger partial charge in [0.2, 0.25) is 12.0 Å². The van der Waals surface area contributed by atoms with Gasteiger partial charge in [0.25, 0.3) is 0 Å². The smallest absolute Gasteiger partial charge is 0.227 e. The first kappa shape index (κ1) is 11.4. The molecule has 3 rings (SSSR count). The zero-order valence-electron chi connectivity index (χ0n) is 9.18. The standard InChI is InChI=1S/C11H10BrN5O/c12-7-8(6-4-2-1-3-5-6)14-10(13)17-9(7)15-16-11(17)18/h1-5,11,13,15-16,18H. The van der Waals surface area contributed by atoms with Gasteiger partial charge < -0.3 is 10.5 Å². The number of rotatable bonds is 1. The van der Waals surface area contributed by atoms with Crippen LogP contribution in [0.25, 0.3) is 11.3 Å². The third-order valence-corrected chi connectivity index (χ3v) is 3.47. The molecule has 0 bridgehead atoms. The molecule has 1 aromatic heterocycles. The lowest BCUT2D eigenvalue weighted by Crippen LogP contribution is -2.28. The van der Waals surface area contributed by atoms with E-state index < -0.39 is 6.35 Å². The van der Waals surface area contributed by atoms with Gasteiger partial charge in [0.1, 0.15) is 5.82 Å². The van der Waals surface area contributed by atoms with Crippen molar-refractivity contribution in [1.82, 2.24) is 15.0 Å². The summed E-state index contributed by atoms with van der Waals surface area (Å²) in [5.74, 6) is 0.585. The molecule has 2 heterocycles. The highest BCUT2D eigenvalue weighted by atomic mass is 79.9. The molecule has 0 amide bonds. The van der Waals surface area contributed by atoms with Gasteiger partial charge in [-0.05, 0) is 15.9 Å². The van der Waals surface area contributed by atoms with Gasteiger partial charge >= 0.3 is 0 Å². The fraction of sp³-hybridized carbons (Fsp3) is 0.0909. The molecule has 0 fully saturated rings. The fourth-order valence-corrected chi connectivity index (χ4v) is 2.48. The minimum Gasteiger partial charge on any atom is -0.359 e. The predicted molar refractivity (Wildman–Crippen MR) is 69.2 cm³/mol. The lowest BCUT2D eigenvalue weighted by Gasteiger charge is -2.10. The van der Waals surface area contributed by atoms with Gasteiger partial charge in [-0.3, -0.25) is 9.98 Å². The Bertz CT molecular complexity index is 654. The molecular formula is C11H10BrN5O. The molecule has 6 nitrogen and oxygen atoms in total. The largest absolute Gasteiger partial charge is 0.359 e. The summed E-state index contributed by atoms with van der Waals surface area (Å²) in [6.07, 6.45) is -0.985. The van der Waals surface area contributed by atoms with E-state index in [1.54, 1.807) is 0 Å². The van der Waals surface area contributed by atoms with Gasteiger partial charge in [-0.1, -0.05) is 30.3 Å². The van der Waals surface area contributed by atoms with E-state index in [9.17, 15) is 5.11 Å². The molecule has 1 aromatic carbocycles. The number of aromatic nitrogens is 2. The van der Waals surface area contributed by atoms with E-state index in [0.717, 1.165) is 5.56 Å². The first-order valence-electron chi connectivity index (χ1n) is 5.30. The second-order valence-corrected chi connectivity index (χ2v) is 4.62. The maximum Gasteiger partial charge on any atom is 0.227 e. The first-order valence-corrected chi connectivity index (χ1v) is 6.09.